The molecule has 2 rings (SSSR count). The molecule has 7 heteroatoms. The Morgan fingerprint density at radius 1 is 1.00 bits per heavy atom. The molecule has 0 heterocycles. The van der Waals surface area contributed by atoms with E-state index in [2.05, 4.69) is 5.32 Å². The van der Waals surface area contributed by atoms with Crippen LogP contribution in [0, 0.1) is 0 Å². The number of nitrogens with one attached hydrogen (secondary N) is 1. The van der Waals surface area contributed by atoms with E-state index in [0.717, 1.165) is 0 Å². The van der Waals surface area contributed by atoms with Gasteiger partial charge in [0.15, 0.2) is 0 Å². The van der Waals surface area contributed by atoms with E-state index >= 15 is 0 Å². The number of anilines is 1. The zero-order chi connectivity index (χ0) is 18.4. The summed E-state index contributed by atoms with van der Waals surface area (Å²) in [7, 11) is 1.52. The summed E-state index contributed by atoms with van der Waals surface area (Å²) in [6.45, 7) is -0.120. The molecule has 4 nitrogen and oxygen atoms in total. The second-order valence-electron chi connectivity index (χ2n) is 5.19. The van der Waals surface area contributed by atoms with Crippen LogP contribution in [0.2, 0.25) is 15.1 Å². The van der Waals surface area contributed by atoms with Gasteiger partial charge in [0.1, 0.15) is 0 Å². The van der Waals surface area contributed by atoms with Crippen LogP contribution in [0.25, 0.3) is 6.08 Å². The second kappa shape index (κ2) is 8.90. The molecule has 25 heavy (non-hydrogen) atoms. The van der Waals surface area contributed by atoms with Crippen molar-refractivity contribution in [2.75, 3.05) is 18.9 Å². The lowest BCUT2D eigenvalue weighted by molar-refractivity contribution is -0.129. The lowest BCUT2D eigenvalue weighted by atomic mass is 10.2. The summed E-state index contributed by atoms with van der Waals surface area (Å²) < 4.78 is 0. The normalized spacial score (nSPS) is 10.7. The number of carbonyl (C=O) groups is 2. The number of amides is 2. The number of likely N-dealkylation sites (N-methyl/N-ethyl adjacent to an activating group) is 1. The van der Waals surface area contributed by atoms with Crippen molar-refractivity contribution in [2.45, 2.75) is 0 Å². The quantitative estimate of drug-likeness (QED) is 0.740. The molecule has 0 aliphatic carbocycles. The summed E-state index contributed by atoms with van der Waals surface area (Å²) in [6, 6.07) is 11.9. The minimum atomic E-state index is -0.356. The standard InChI is InChI=1S/C18H15Cl3N2O2/c1-23(11-17(24)22-16-8-3-2-5-15(16)21)18(25)10-9-12-13(19)6-4-7-14(12)20/h2-10H,11H2,1H3,(H,22,24)/b10-9+. The summed E-state index contributed by atoms with van der Waals surface area (Å²) >= 11 is 18.1. The first-order chi connectivity index (χ1) is 11.9. The molecule has 130 valence electrons. The molecule has 0 atom stereocenters. The highest BCUT2D eigenvalue weighted by molar-refractivity contribution is 6.37. The number of halogens is 3. The van der Waals surface area contributed by atoms with Crippen molar-refractivity contribution in [2.24, 2.45) is 0 Å². The van der Waals surface area contributed by atoms with Gasteiger partial charge in [0, 0.05) is 28.7 Å². The van der Waals surface area contributed by atoms with Crippen LogP contribution in [-0.4, -0.2) is 30.3 Å². The van der Waals surface area contributed by atoms with E-state index in [9.17, 15) is 9.59 Å². The zero-order valence-electron chi connectivity index (χ0n) is 13.3. The average Bonchev–Trinajstić information content (AvgIpc) is 2.56. The number of hydrogen-bond donors (Lipinski definition) is 1. The summed E-state index contributed by atoms with van der Waals surface area (Å²) in [4.78, 5) is 25.4. The average molecular weight is 398 g/mol. The van der Waals surface area contributed by atoms with Gasteiger partial charge in [-0.25, -0.2) is 0 Å². The van der Waals surface area contributed by atoms with Crippen LogP contribution in [0.1, 0.15) is 5.56 Å². The van der Waals surface area contributed by atoms with Crippen LogP contribution in [0.5, 0.6) is 0 Å². The van der Waals surface area contributed by atoms with Gasteiger partial charge in [0.2, 0.25) is 11.8 Å². The third-order valence-electron chi connectivity index (χ3n) is 3.30. The van der Waals surface area contributed by atoms with Crippen molar-refractivity contribution in [1.82, 2.24) is 4.90 Å². The van der Waals surface area contributed by atoms with E-state index < -0.39 is 0 Å². The van der Waals surface area contributed by atoms with Gasteiger partial charge in [-0.3, -0.25) is 9.59 Å². The molecular formula is C18H15Cl3N2O2. The molecule has 2 aromatic carbocycles. The van der Waals surface area contributed by atoms with Crippen LogP contribution in [0.15, 0.2) is 48.5 Å². The molecule has 0 unspecified atom stereocenters. The molecule has 0 saturated carbocycles. The van der Waals surface area contributed by atoms with Crippen LogP contribution in [-0.2, 0) is 9.59 Å². The van der Waals surface area contributed by atoms with Gasteiger partial charge in [-0.05, 0) is 30.3 Å². The van der Waals surface area contributed by atoms with E-state index in [4.69, 9.17) is 34.8 Å². The maximum atomic E-state index is 12.1. The summed E-state index contributed by atoms with van der Waals surface area (Å²) in [5, 5.41) is 3.97. The number of carbonyl (C=O) groups excluding carboxylic acids is 2. The van der Waals surface area contributed by atoms with Gasteiger partial charge in [-0.1, -0.05) is 53.0 Å². The third-order valence-corrected chi connectivity index (χ3v) is 4.29. The maximum Gasteiger partial charge on any atom is 0.246 e. The predicted octanol–water partition coefficient (Wildman–Crippen LogP) is 4.76. The molecule has 0 aliphatic heterocycles. The van der Waals surface area contributed by atoms with Crippen LogP contribution in [0.4, 0.5) is 5.69 Å². The Hall–Kier alpha value is -2.01. The predicted molar refractivity (Wildman–Crippen MR) is 103 cm³/mol. The van der Waals surface area contributed by atoms with E-state index in [-0.39, 0.29) is 18.4 Å². The minimum Gasteiger partial charge on any atom is -0.333 e. The van der Waals surface area contributed by atoms with Crippen molar-refractivity contribution < 1.29 is 9.59 Å². The smallest absolute Gasteiger partial charge is 0.246 e. The van der Waals surface area contributed by atoms with Gasteiger partial charge < -0.3 is 10.2 Å². The number of nitrogens with zero attached hydrogens (tertiary/aromatic N) is 1. The van der Waals surface area contributed by atoms with E-state index in [1.54, 1.807) is 42.5 Å². The van der Waals surface area contributed by atoms with Gasteiger partial charge in [-0.15, -0.1) is 0 Å². The molecule has 0 radical (unpaired) electrons. The molecule has 0 bridgehead atoms. The molecule has 1 N–H and O–H groups in total. The monoisotopic (exact) mass is 396 g/mol. The molecule has 0 aromatic heterocycles. The van der Waals surface area contributed by atoms with E-state index in [1.165, 1.54) is 24.1 Å². The molecule has 2 amide bonds. The molecule has 0 aliphatic rings. The Bertz CT molecular complexity index is 801. The first-order valence-electron chi connectivity index (χ1n) is 7.30. The number of benzene rings is 2. The Morgan fingerprint density at radius 2 is 1.60 bits per heavy atom. The summed E-state index contributed by atoms with van der Waals surface area (Å²) in [5.74, 6) is -0.710. The van der Waals surface area contributed by atoms with Crippen molar-refractivity contribution >= 4 is 58.4 Å². The fourth-order valence-electron chi connectivity index (χ4n) is 2.00. The van der Waals surface area contributed by atoms with Crippen LogP contribution < -0.4 is 5.32 Å². The van der Waals surface area contributed by atoms with Gasteiger partial charge in [0.05, 0.1) is 17.3 Å². The molecular weight excluding hydrogens is 383 g/mol. The molecule has 2 aromatic rings. The first kappa shape index (κ1) is 19.3. The minimum absolute atomic E-state index is 0.120. The Balaban J connectivity index is 1.97. The summed E-state index contributed by atoms with van der Waals surface area (Å²) in [5.41, 5.74) is 1.04. The third kappa shape index (κ3) is 5.49. The van der Waals surface area contributed by atoms with Crippen molar-refractivity contribution in [3.05, 3.63) is 69.2 Å². The topological polar surface area (TPSA) is 49.4 Å². The first-order valence-corrected chi connectivity index (χ1v) is 8.43. The Morgan fingerprint density at radius 3 is 2.24 bits per heavy atom. The zero-order valence-corrected chi connectivity index (χ0v) is 15.6. The Labute approximate surface area is 161 Å². The molecule has 0 saturated heterocycles. The van der Waals surface area contributed by atoms with Gasteiger partial charge in [-0.2, -0.15) is 0 Å². The SMILES string of the molecule is CN(CC(=O)Nc1ccccc1Cl)C(=O)/C=C/c1c(Cl)cccc1Cl. The highest BCUT2D eigenvalue weighted by Gasteiger charge is 2.12. The number of rotatable bonds is 5. The van der Waals surface area contributed by atoms with E-state index in [1.807, 2.05) is 0 Å². The fraction of sp³-hybridized carbons (Fsp3) is 0.111. The highest BCUT2D eigenvalue weighted by atomic mass is 35.5. The molecule has 0 fully saturated rings. The van der Waals surface area contributed by atoms with Gasteiger partial charge >= 0.3 is 0 Å². The van der Waals surface area contributed by atoms with Crippen LogP contribution in [0.3, 0.4) is 0 Å². The lowest BCUT2D eigenvalue weighted by Crippen LogP contribution is -2.33. The van der Waals surface area contributed by atoms with Crippen molar-refractivity contribution in [3.8, 4) is 0 Å². The largest absolute Gasteiger partial charge is 0.333 e. The second-order valence-corrected chi connectivity index (χ2v) is 6.41. The fourth-order valence-corrected chi connectivity index (χ4v) is 2.70. The van der Waals surface area contributed by atoms with E-state index in [0.29, 0.717) is 26.3 Å². The lowest BCUT2D eigenvalue weighted by Gasteiger charge is -2.15. The van der Waals surface area contributed by atoms with Crippen LogP contribution >= 0.6 is 34.8 Å². The number of hydrogen-bond acceptors (Lipinski definition) is 2. The van der Waals surface area contributed by atoms with Crippen molar-refractivity contribution in [3.63, 3.8) is 0 Å². The van der Waals surface area contributed by atoms with Crippen molar-refractivity contribution in [1.29, 1.82) is 0 Å². The maximum absolute atomic E-state index is 12.1. The summed E-state index contributed by atoms with van der Waals surface area (Å²) in [6.07, 6.45) is 2.84. The van der Waals surface area contributed by atoms with Gasteiger partial charge in [0.25, 0.3) is 0 Å². The number of para-hydroxylation sites is 1. The Kier molecular flexibility index (Phi) is 6.88. The molecule has 0 spiro atoms. The highest BCUT2D eigenvalue weighted by Crippen LogP contribution is 2.25.